The third-order valence-corrected chi connectivity index (χ3v) is 3.44. The van der Waals surface area contributed by atoms with E-state index in [-0.39, 0.29) is 11.8 Å². The van der Waals surface area contributed by atoms with Crippen molar-refractivity contribution in [2.45, 2.75) is 12.7 Å². The molecule has 20 heavy (non-hydrogen) atoms. The Morgan fingerprint density at radius 1 is 1.05 bits per heavy atom. The number of rotatable bonds is 5. The number of benzene rings is 2. The van der Waals surface area contributed by atoms with Gasteiger partial charge in [0.2, 0.25) is 0 Å². The van der Waals surface area contributed by atoms with Crippen molar-refractivity contribution in [3.8, 4) is 5.75 Å². The monoisotopic (exact) mass is 341 g/mol. The van der Waals surface area contributed by atoms with Crippen LogP contribution in [0.1, 0.15) is 17.2 Å². The summed E-state index contributed by atoms with van der Waals surface area (Å²) in [5, 5.41) is 3.18. The highest BCUT2D eigenvalue weighted by molar-refractivity contribution is 9.10. The van der Waals surface area contributed by atoms with E-state index in [0.29, 0.717) is 0 Å². The standard InChI is InChI=1S/C15H14BrF2NO/c1-19-14(10-5-7-12(16)8-6-10)11-3-2-4-13(9-11)20-15(17)18/h2-9,14-15,19H,1H3. The average molecular weight is 342 g/mol. The molecule has 0 bridgehead atoms. The van der Waals surface area contributed by atoms with Crippen LogP contribution in [0.4, 0.5) is 8.78 Å². The molecule has 0 heterocycles. The molecular formula is C15H14BrF2NO. The van der Waals surface area contributed by atoms with Gasteiger partial charge in [-0.05, 0) is 42.4 Å². The maximum atomic E-state index is 12.3. The van der Waals surface area contributed by atoms with Crippen LogP contribution in [0.2, 0.25) is 0 Å². The van der Waals surface area contributed by atoms with Crippen LogP contribution in [0, 0.1) is 0 Å². The lowest BCUT2D eigenvalue weighted by molar-refractivity contribution is -0.0498. The average Bonchev–Trinajstić information content (AvgIpc) is 2.41. The Hall–Kier alpha value is -1.46. The van der Waals surface area contributed by atoms with E-state index in [4.69, 9.17) is 0 Å². The second-order valence-electron chi connectivity index (χ2n) is 4.22. The lowest BCUT2D eigenvalue weighted by atomic mass is 9.99. The molecule has 2 nitrogen and oxygen atoms in total. The van der Waals surface area contributed by atoms with Gasteiger partial charge in [-0.25, -0.2) is 0 Å². The molecule has 0 amide bonds. The maximum absolute atomic E-state index is 12.3. The SMILES string of the molecule is CNC(c1ccc(Br)cc1)c1cccc(OC(F)F)c1. The Balaban J connectivity index is 2.29. The minimum absolute atomic E-state index is 0.0793. The molecule has 0 spiro atoms. The second-order valence-corrected chi connectivity index (χ2v) is 5.14. The summed E-state index contributed by atoms with van der Waals surface area (Å²) in [6, 6.07) is 14.5. The van der Waals surface area contributed by atoms with Crippen LogP contribution in [0.25, 0.3) is 0 Å². The Morgan fingerprint density at radius 3 is 2.35 bits per heavy atom. The topological polar surface area (TPSA) is 21.3 Å². The number of alkyl halides is 2. The van der Waals surface area contributed by atoms with Crippen molar-refractivity contribution in [2.75, 3.05) is 7.05 Å². The summed E-state index contributed by atoms with van der Waals surface area (Å²) in [4.78, 5) is 0. The zero-order valence-electron chi connectivity index (χ0n) is 10.8. The van der Waals surface area contributed by atoms with Crippen molar-refractivity contribution in [2.24, 2.45) is 0 Å². The molecule has 0 saturated heterocycles. The van der Waals surface area contributed by atoms with Gasteiger partial charge in [-0.2, -0.15) is 8.78 Å². The molecule has 0 radical (unpaired) electrons. The molecule has 1 unspecified atom stereocenters. The third kappa shape index (κ3) is 3.77. The highest BCUT2D eigenvalue weighted by atomic mass is 79.9. The Labute approximate surface area is 124 Å². The summed E-state index contributed by atoms with van der Waals surface area (Å²) in [5.74, 6) is 0.162. The number of hydrogen-bond donors (Lipinski definition) is 1. The Bertz CT molecular complexity index is 560. The summed E-state index contributed by atoms with van der Waals surface area (Å²) in [6.45, 7) is -2.81. The van der Waals surface area contributed by atoms with Crippen molar-refractivity contribution in [3.63, 3.8) is 0 Å². The van der Waals surface area contributed by atoms with Gasteiger partial charge in [0.25, 0.3) is 0 Å². The van der Waals surface area contributed by atoms with Crippen LogP contribution in [-0.4, -0.2) is 13.7 Å². The first-order valence-corrected chi connectivity index (χ1v) is 6.87. The van der Waals surface area contributed by atoms with Crippen molar-refractivity contribution in [1.82, 2.24) is 5.32 Å². The lowest BCUT2D eigenvalue weighted by Crippen LogP contribution is -2.17. The molecule has 2 aromatic carbocycles. The number of hydrogen-bond acceptors (Lipinski definition) is 2. The van der Waals surface area contributed by atoms with Crippen molar-refractivity contribution < 1.29 is 13.5 Å². The van der Waals surface area contributed by atoms with Crippen LogP contribution >= 0.6 is 15.9 Å². The maximum Gasteiger partial charge on any atom is 0.387 e. The van der Waals surface area contributed by atoms with E-state index >= 15 is 0 Å². The molecule has 0 aliphatic rings. The molecule has 106 valence electrons. The Kier molecular flexibility index (Phi) is 5.09. The minimum Gasteiger partial charge on any atom is -0.435 e. The van der Waals surface area contributed by atoms with Crippen LogP contribution < -0.4 is 10.1 Å². The fourth-order valence-corrected chi connectivity index (χ4v) is 2.32. The van der Waals surface area contributed by atoms with E-state index in [0.717, 1.165) is 15.6 Å². The predicted molar refractivity (Wildman–Crippen MR) is 78.1 cm³/mol. The molecule has 5 heteroatoms. The smallest absolute Gasteiger partial charge is 0.387 e. The van der Waals surface area contributed by atoms with Gasteiger partial charge in [-0.3, -0.25) is 0 Å². The van der Waals surface area contributed by atoms with Gasteiger partial charge < -0.3 is 10.1 Å². The summed E-state index contributed by atoms with van der Waals surface area (Å²) < 4.78 is 29.9. The van der Waals surface area contributed by atoms with Gasteiger partial charge in [0.05, 0.1) is 6.04 Å². The van der Waals surface area contributed by atoms with Crippen molar-refractivity contribution in [3.05, 3.63) is 64.1 Å². The zero-order valence-corrected chi connectivity index (χ0v) is 12.4. The van der Waals surface area contributed by atoms with Crippen LogP contribution in [0.15, 0.2) is 53.0 Å². The van der Waals surface area contributed by atoms with Crippen molar-refractivity contribution in [1.29, 1.82) is 0 Å². The van der Waals surface area contributed by atoms with E-state index in [2.05, 4.69) is 26.0 Å². The molecule has 0 aromatic heterocycles. The predicted octanol–water partition coefficient (Wildman–Crippen LogP) is 4.36. The lowest BCUT2D eigenvalue weighted by Gasteiger charge is -2.18. The van der Waals surface area contributed by atoms with Crippen LogP contribution in [0.5, 0.6) is 5.75 Å². The quantitative estimate of drug-likeness (QED) is 0.872. The molecule has 0 aliphatic carbocycles. The van der Waals surface area contributed by atoms with E-state index in [1.807, 2.05) is 37.4 Å². The largest absolute Gasteiger partial charge is 0.435 e. The third-order valence-electron chi connectivity index (χ3n) is 2.91. The normalized spacial score (nSPS) is 12.4. The fourth-order valence-electron chi connectivity index (χ4n) is 2.05. The number of ether oxygens (including phenoxy) is 1. The number of nitrogens with one attached hydrogen (secondary N) is 1. The van der Waals surface area contributed by atoms with E-state index in [1.54, 1.807) is 12.1 Å². The number of halogens is 3. The highest BCUT2D eigenvalue weighted by Gasteiger charge is 2.13. The molecule has 0 saturated carbocycles. The minimum atomic E-state index is -2.81. The van der Waals surface area contributed by atoms with Gasteiger partial charge in [-0.1, -0.05) is 40.2 Å². The van der Waals surface area contributed by atoms with Crippen molar-refractivity contribution >= 4 is 15.9 Å². The molecule has 2 aromatic rings. The van der Waals surface area contributed by atoms with E-state index in [1.165, 1.54) is 6.07 Å². The highest BCUT2D eigenvalue weighted by Crippen LogP contribution is 2.26. The summed E-state index contributed by atoms with van der Waals surface area (Å²) >= 11 is 3.39. The molecular weight excluding hydrogens is 328 g/mol. The molecule has 0 fully saturated rings. The molecule has 2 rings (SSSR count). The van der Waals surface area contributed by atoms with Crippen LogP contribution in [-0.2, 0) is 0 Å². The fraction of sp³-hybridized carbons (Fsp3) is 0.200. The molecule has 0 aliphatic heterocycles. The van der Waals surface area contributed by atoms with Gasteiger partial charge >= 0.3 is 6.61 Å². The van der Waals surface area contributed by atoms with Gasteiger partial charge in [-0.15, -0.1) is 0 Å². The van der Waals surface area contributed by atoms with Gasteiger partial charge in [0.15, 0.2) is 0 Å². The molecule has 1 N–H and O–H groups in total. The van der Waals surface area contributed by atoms with Gasteiger partial charge in [0.1, 0.15) is 5.75 Å². The zero-order chi connectivity index (χ0) is 14.5. The summed E-state index contributed by atoms with van der Waals surface area (Å²) in [5.41, 5.74) is 1.91. The molecule has 1 atom stereocenters. The van der Waals surface area contributed by atoms with Crippen LogP contribution in [0.3, 0.4) is 0 Å². The second kappa shape index (κ2) is 6.81. The summed E-state index contributed by atoms with van der Waals surface area (Å²) in [6.07, 6.45) is 0. The first-order chi connectivity index (χ1) is 9.60. The Morgan fingerprint density at radius 2 is 1.75 bits per heavy atom. The van der Waals surface area contributed by atoms with E-state index < -0.39 is 6.61 Å². The van der Waals surface area contributed by atoms with Gasteiger partial charge in [0, 0.05) is 4.47 Å². The summed E-state index contributed by atoms with van der Waals surface area (Å²) in [7, 11) is 1.83. The first-order valence-electron chi connectivity index (χ1n) is 6.07. The van der Waals surface area contributed by atoms with E-state index in [9.17, 15) is 8.78 Å². The first kappa shape index (κ1) is 14.9.